The molecule has 5 nitrogen and oxygen atoms in total. The average molecular weight is 298 g/mol. The predicted molar refractivity (Wildman–Crippen MR) is 82.1 cm³/mol. The summed E-state index contributed by atoms with van der Waals surface area (Å²) in [5.74, 6) is -0.0955. The van der Waals surface area contributed by atoms with Crippen molar-refractivity contribution in [3.63, 3.8) is 0 Å². The summed E-state index contributed by atoms with van der Waals surface area (Å²) in [6.45, 7) is 1.20. The molecular formula is C15H14N4OS. The van der Waals surface area contributed by atoms with Gasteiger partial charge in [0, 0.05) is 24.5 Å². The van der Waals surface area contributed by atoms with Gasteiger partial charge in [-0.05, 0) is 6.07 Å². The highest BCUT2D eigenvalue weighted by Gasteiger charge is 2.11. The highest BCUT2D eigenvalue weighted by Crippen LogP contribution is 2.24. The van der Waals surface area contributed by atoms with Gasteiger partial charge in [-0.25, -0.2) is 4.98 Å². The lowest BCUT2D eigenvalue weighted by Gasteiger charge is -2.03. The number of nitrogens with one attached hydrogen (secondary N) is 1. The molecule has 0 fully saturated rings. The summed E-state index contributed by atoms with van der Waals surface area (Å²) in [6.07, 6.45) is 5.21. The lowest BCUT2D eigenvalue weighted by molar-refractivity contribution is 0.0956. The fourth-order valence-electron chi connectivity index (χ4n) is 1.90. The number of hydrogen-bond acceptors (Lipinski definition) is 4. The Bertz CT molecular complexity index is 706. The first-order valence-electron chi connectivity index (χ1n) is 6.60. The first-order valence-corrected chi connectivity index (χ1v) is 7.41. The highest BCUT2D eigenvalue weighted by atomic mass is 32.1. The molecule has 6 heteroatoms. The molecule has 0 aliphatic heterocycles. The van der Waals surface area contributed by atoms with E-state index in [9.17, 15) is 4.79 Å². The summed E-state index contributed by atoms with van der Waals surface area (Å²) in [5.41, 5.74) is 1.03. The largest absolute Gasteiger partial charge is 0.349 e. The number of carbonyl (C=O) groups is 1. The van der Waals surface area contributed by atoms with Gasteiger partial charge in [0.2, 0.25) is 0 Å². The van der Waals surface area contributed by atoms with Gasteiger partial charge in [0.15, 0.2) is 0 Å². The molecule has 21 heavy (non-hydrogen) atoms. The zero-order chi connectivity index (χ0) is 14.5. The van der Waals surface area contributed by atoms with E-state index in [1.807, 2.05) is 42.6 Å². The Kier molecular flexibility index (Phi) is 4.07. The van der Waals surface area contributed by atoms with E-state index >= 15 is 0 Å². The van der Waals surface area contributed by atoms with Crippen molar-refractivity contribution in [3.05, 3.63) is 59.9 Å². The van der Waals surface area contributed by atoms with Crippen molar-refractivity contribution in [2.75, 3.05) is 6.54 Å². The third-order valence-corrected chi connectivity index (χ3v) is 3.98. The van der Waals surface area contributed by atoms with Gasteiger partial charge in [0.25, 0.3) is 5.91 Å². The molecule has 0 bridgehead atoms. The maximum atomic E-state index is 12.0. The van der Waals surface area contributed by atoms with Crippen LogP contribution >= 0.6 is 11.3 Å². The molecule has 2 aromatic heterocycles. The van der Waals surface area contributed by atoms with Gasteiger partial charge in [-0.1, -0.05) is 30.3 Å². The smallest absolute Gasteiger partial charge is 0.263 e. The van der Waals surface area contributed by atoms with Gasteiger partial charge in [-0.3, -0.25) is 9.48 Å². The van der Waals surface area contributed by atoms with Crippen molar-refractivity contribution in [1.82, 2.24) is 20.1 Å². The minimum absolute atomic E-state index is 0.0955. The minimum Gasteiger partial charge on any atom is -0.349 e. The molecule has 0 aliphatic rings. The van der Waals surface area contributed by atoms with Crippen molar-refractivity contribution in [2.24, 2.45) is 0 Å². The van der Waals surface area contributed by atoms with Crippen LogP contribution < -0.4 is 5.32 Å². The Hall–Kier alpha value is -2.47. The fourth-order valence-corrected chi connectivity index (χ4v) is 2.74. The fraction of sp³-hybridized carbons (Fsp3) is 0.133. The maximum absolute atomic E-state index is 12.0. The summed E-state index contributed by atoms with van der Waals surface area (Å²) >= 11 is 1.40. The van der Waals surface area contributed by atoms with E-state index in [0.29, 0.717) is 18.0 Å². The average Bonchev–Trinajstić information content (AvgIpc) is 3.20. The Labute approximate surface area is 126 Å². The van der Waals surface area contributed by atoms with Crippen LogP contribution in [0.15, 0.2) is 55.0 Å². The van der Waals surface area contributed by atoms with Crippen LogP contribution in [0.25, 0.3) is 10.6 Å². The number of amides is 1. The van der Waals surface area contributed by atoms with Gasteiger partial charge in [-0.2, -0.15) is 5.10 Å². The second kappa shape index (κ2) is 6.32. The molecule has 1 amide bonds. The number of benzene rings is 1. The number of hydrogen-bond donors (Lipinski definition) is 1. The topological polar surface area (TPSA) is 59.8 Å². The number of nitrogens with zero attached hydrogens (tertiary/aromatic N) is 3. The zero-order valence-electron chi connectivity index (χ0n) is 11.3. The molecule has 1 aromatic carbocycles. The van der Waals surface area contributed by atoms with Crippen LogP contribution in [0.3, 0.4) is 0 Å². The van der Waals surface area contributed by atoms with Crippen LogP contribution in [0.1, 0.15) is 9.67 Å². The second-order valence-electron chi connectivity index (χ2n) is 4.42. The van der Waals surface area contributed by atoms with E-state index in [2.05, 4.69) is 15.4 Å². The van der Waals surface area contributed by atoms with E-state index in [4.69, 9.17) is 0 Å². The van der Waals surface area contributed by atoms with Gasteiger partial charge in [0.05, 0.1) is 12.7 Å². The SMILES string of the molecule is O=C(NCCn1cccn1)c1cnc(-c2ccccc2)s1. The number of thiazole rings is 1. The number of aromatic nitrogens is 3. The lowest BCUT2D eigenvalue weighted by Crippen LogP contribution is -2.26. The maximum Gasteiger partial charge on any atom is 0.263 e. The van der Waals surface area contributed by atoms with Crippen LogP contribution in [0.5, 0.6) is 0 Å². The Balaban J connectivity index is 1.59. The summed E-state index contributed by atoms with van der Waals surface area (Å²) in [7, 11) is 0. The van der Waals surface area contributed by atoms with Crippen molar-refractivity contribution in [2.45, 2.75) is 6.54 Å². The molecule has 0 spiro atoms. The van der Waals surface area contributed by atoms with Crippen molar-refractivity contribution < 1.29 is 4.79 Å². The first kappa shape index (κ1) is 13.5. The zero-order valence-corrected chi connectivity index (χ0v) is 12.1. The Morgan fingerprint density at radius 1 is 1.24 bits per heavy atom. The summed E-state index contributed by atoms with van der Waals surface area (Å²) in [5, 5.41) is 7.81. The number of rotatable bonds is 5. The summed E-state index contributed by atoms with van der Waals surface area (Å²) in [4.78, 5) is 17.0. The van der Waals surface area contributed by atoms with E-state index in [1.165, 1.54) is 11.3 Å². The second-order valence-corrected chi connectivity index (χ2v) is 5.45. The van der Waals surface area contributed by atoms with E-state index < -0.39 is 0 Å². The van der Waals surface area contributed by atoms with E-state index in [1.54, 1.807) is 17.1 Å². The number of carbonyl (C=O) groups excluding carboxylic acids is 1. The quantitative estimate of drug-likeness (QED) is 0.787. The Morgan fingerprint density at radius 3 is 2.86 bits per heavy atom. The Morgan fingerprint density at radius 2 is 2.10 bits per heavy atom. The normalized spacial score (nSPS) is 10.5. The van der Waals surface area contributed by atoms with Crippen LogP contribution in [-0.4, -0.2) is 27.2 Å². The molecule has 106 valence electrons. The van der Waals surface area contributed by atoms with Crippen LogP contribution in [0.4, 0.5) is 0 Å². The standard InChI is InChI=1S/C15H14N4OS/c20-14(16-8-10-19-9-4-7-18-19)13-11-17-15(21-13)12-5-2-1-3-6-12/h1-7,9,11H,8,10H2,(H,16,20). The monoisotopic (exact) mass is 298 g/mol. The predicted octanol–water partition coefficient (Wildman–Crippen LogP) is 2.44. The highest BCUT2D eigenvalue weighted by molar-refractivity contribution is 7.16. The molecule has 0 saturated heterocycles. The molecule has 0 atom stereocenters. The van der Waals surface area contributed by atoms with Gasteiger partial charge < -0.3 is 5.32 Å². The summed E-state index contributed by atoms with van der Waals surface area (Å²) < 4.78 is 1.78. The molecule has 1 N–H and O–H groups in total. The van der Waals surface area contributed by atoms with Crippen molar-refractivity contribution in [1.29, 1.82) is 0 Å². The summed E-state index contributed by atoms with van der Waals surface area (Å²) in [6, 6.07) is 11.7. The molecule has 2 heterocycles. The molecule has 0 unspecified atom stereocenters. The third-order valence-electron chi connectivity index (χ3n) is 2.94. The molecule has 3 aromatic rings. The van der Waals surface area contributed by atoms with Gasteiger partial charge in [0.1, 0.15) is 9.88 Å². The molecular weight excluding hydrogens is 284 g/mol. The van der Waals surface area contributed by atoms with Gasteiger partial charge in [-0.15, -0.1) is 11.3 Å². The van der Waals surface area contributed by atoms with E-state index in [-0.39, 0.29) is 5.91 Å². The lowest BCUT2D eigenvalue weighted by atomic mass is 10.2. The van der Waals surface area contributed by atoms with Crippen molar-refractivity contribution in [3.8, 4) is 10.6 Å². The van der Waals surface area contributed by atoms with Crippen molar-refractivity contribution >= 4 is 17.2 Å². The van der Waals surface area contributed by atoms with Crippen LogP contribution in [-0.2, 0) is 6.54 Å². The minimum atomic E-state index is -0.0955. The molecule has 0 saturated carbocycles. The first-order chi connectivity index (χ1) is 10.3. The molecule has 0 radical (unpaired) electrons. The van der Waals surface area contributed by atoms with Gasteiger partial charge >= 0.3 is 0 Å². The van der Waals surface area contributed by atoms with Crippen LogP contribution in [0.2, 0.25) is 0 Å². The van der Waals surface area contributed by atoms with Crippen LogP contribution in [0, 0.1) is 0 Å². The van der Waals surface area contributed by atoms with E-state index in [0.717, 1.165) is 10.6 Å². The third kappa shape index (κ3) is 3.35. The molecule has 0 aliphatic carbocycles. The molecule has 3 rings (SSSR count).